The SMILES string of the molecule is OCC1CCCN(c2ncccc2F)C1. The quantitative estimate of drug-likeness (QED) is 0.802. The first-order chi connectivity index (χ1) is 7.31. The van der Waals surface area contributed by atoms with Crippen LogP contribution in [0.1, 0.15) is 12.8 Å². The molecule has 0 aliphatic carbocycles. The van der Waals surface area contributed by atoms with E-state index in [2.05, 4.69) is 4.98 Å². The van der Waals surface area contributed by atoms with Crippen molar-refractivity contribution in [1.82, 2.24) is 4.98 Å². The number of pyridine rings is 1. The summed E-state index contributed by atoms with van der Waals surface area (Å²) in [7, 11) is 0. The van der Waals surface area contributed by atoms with Crippen LogP contribution in [-0.2, 0) is 0 Å². The van der Waals surface area contributed by atoms with Crippen LogP contribution < -0.4 is 4.90 Å². The summed E-state index contributed by atoms with van der Waals surface area (Å²) in [6.45, 7) is 1.69. The van der Waals surface area contributed by atoms with Gasteiger partial charge in [0.05, 0.1) is 0 Å². The molecule has 1 saturated heterocycles. The van der Waals surface area contributed by atoms with Gasteiger partial charge in [-0.05, 0) is 30.9 Å². The molecule has 2 rings (SSSR count). The molecule has 1 aliphatic heterocycles. The maximum Gasteiger partial charge on any atom is 0.165 e. The van der Waals surface area contributed by atoms with Crippen molar-refractivity contribution in [1.29, 1.82) is 0 Å². The number of hydrogen-bond acceptors (Lipinski definition) is 3. The number of aliphatic hydroxyl groups excluding tert-OH is 1. The van der Waals surface area contributed by atoms with Crippen molar-refractivity contribution in [2.75, 3.05) is 24.6 Å². The van der Waals surface area contributed by atoms with Crippen molar-refractivity contribution in [3.63, 3.8) is 0 Å². The molecule has 15 heavy (non-hydrogen) atoms. The van der Waals surface area contributed by atoms with Gasteiger partial charge in [0.25, 0.3) is 0 Å². The number of rotatable bonds is 2. The molecule has 0 saturated carbocycles. The van der Waals surface area contributed by atoms with E-state index in [9.17, 15) is 4.39 Å². The molecule has 1 fully saturated rings. The summed E-state index contributed by atoms with van der Waals surface area (Å²) < 4.78 is 13.4. The summed E-state index contributed by atoms with van der Waals surface area (Å²) in [5.41, 5.74) is 0. The second-order valence-corrected chi connectivity index (χ2v) is 3.95. The molecule has 2 heterocycles. The first-order valence-electron chi connectivity index (χ1n) is 5.27. The Morgan fingerprint density at radius 1 is 1.60 bits per heavy atom. The van der Waals surface area contributed by atoms with E-state index in [0.29, 0.717) is 12.4 Å². The Balaban J connectivity index is 2.13. The van der Waals surface area contributed by atoms with Crippen LogP contribution in [0.15, 0.2) is 18.3 Å². The van der Waals surface area contributed by atoms with Gasteiger partial charge in [0.1, 0.15) is 0 Å². The van der Waals surface area contributed by atoms with Crippen LogP contribution in [0.2, 0.25) is 0 Å². The third kappa shape index (κ3) is 2.26. The Kier molecular flexibility index (Phi) is 3.16. The summed E-state index contributed by atoms with van der Waals surface area (Å²) in [6.07, 6.45) is 3.60. The lowest BCUT2D eigenvalue weighted by molar-refractivity contribution is 0.208. The third-order valence-electron chi connectivity index (χ3n) is 2.82. The van der Waals surface area contributed by atoms with E-state index in [1.807, 2.05) is 4.90 Å². The zero-order valence-electron chi connectivity index (χ0n) is 8.56. The minimum absolute atomic E-state index is 0.172. The van der Waals surface area contributed by atoms with Gasteiger partial charge in [-0.3, -0.25) is 0 Å². The molecular formula is C11H15FN2O. The Bertz CT molecular complexity index is 332. The normalized spacial score (nSPS) is 21.7. The van der Waals surface area contributed by atoms with Gasteiger partial charge in [-0.2, -0.15) is 0 Å². The van der Waals surface area contributed by atoms with Crippen LogP contribution >= 0.6 is 0 Å². The van der Waals surface area contributed by atoms with Gasteiger partial charge >= 0.3 is 0 Å². The zero-order valence-corrected chi connectivity index (χ0v) is 8.56. The highest BCUT2D eigenvalue weighted by Gasteiger charge is 2.21. The first-order valence-corrected chi connectivity index (χ1v) is 5.27. The standard InChI is InChI=1S/C11H15FN2O/c12-10-4-1-5-13-11(10)14-6-2-3-9(7-14)8-15/h1,4-5,9,15H,2-3,6-8H2. The first kappa shape index (κ1) is 10.4. The van der Waals surface area contributed by atoms with Crippen LogP contribution in [0.4, 0.5) is 10.2 Å². The molecular weight excluding hydrogens is 195 g/mol. The number of aromatic nitrogens is 1. The zero-order chi connectivity index (χ0) is 10.7. The van der Waals surface area contributed by atoms with E-state index < -0.39 is 0 Å². The van der Waals surface area contributed by atoms with E-state index in [0.717, 1.165) is 19.4 Å². The minimum Gasteiger partial charge on any atom is -0.396 e. The molecule has 1 N–H and O–H groups in total. The minimum atomic E-state index is -0.281. The van der Waals surface area contributed by atoms with Crippen LogP contribution in [0.5, 0.6) is 0 Å². The fraction of sp³-hybridized carbons (Fsp3) is 0.545. The summed E-state index contributed by atoms with van der Waals surface area (Å²) in [5.74, 6) is 0.381. The monoisotopic (exact) mass is 210 g/mol. The number of anilines is 1. The van der Waals surface area contributed by atoms with Crippen LogP contribution in [-0.4, -0.2) is 29.8 Å². The fourth-order valence-corrected chi connectivity index (χ4v) is 2.02. The van der Waals surface area contributed by atoms with E-state index in [4.69, 9.17) is 5.11 Å². The van der Waals surface area contributed by atoms with Gasteiger partial charge < -0.3 is 10.0 Å². The molecule has 4 heteroatoms. The van der Waals surface area contributed by atoms with Crippen LogP contribution in [0.3, 0.4) is 0 Å². The van der Waals surface area contributed by atoms with E-state index in [1.165, 1.54) is 6.07 Å². The lowest BCUT2D eigenvalue weighted by atomic mass is 9.99. The highest BCUT2D eigenvalue weighted by Crippen LogP contribution is 2.22. The van der Waals surface area contributed by atoms with Gasteiger partial charge in [-0.25, -0.2) is 9.37 Å². The van der Waals surface area contributed by atoms with E-state index in [1.54, 1.807) is 12.3 Å². The molecule has 0 bridgehead atoms. The second-order valence-electron chi connectivity index (χ2n) is 3.95. The van der Waals surface area contributed by atoms with E-state index >= 15 is 0 Å². The second kappa shape index (κ2) is 4.57. The number of hydrogen-bond donors (Lipinski definition) is 1. The number of piperidine rings is 1. The van der Waals surface area contributed by atoms with Gasteiger partial charge in [-0.15, -0.1) is 0 Å². The molecule has 0 amide bonds. The average Bonchev–Trinajstić information content (AvgIpc) is 2.30. The summed E-state index contributed by atoms with van der Waals surface area (Å²) >= 11 is 0. The van der Waals surface area contributed by atoms with Crippen molar-refractivity contribution in [3.8, 4) is 0 Å². The van der Waals surface area contributed by atoms with Crippen molar-refractivity contribution in [2.24, 2.45) is 5.92 Å². The molecule has 1 atom stereocenters. The Morgan fingerprint density at radius 2 is 2.47 bits per heavy atom. The third-order valence-corrected chi connectivity index (χ3v) is 2.82. The number of halogens is 1. The molecule has 0 aromatic carbocycles. The summed E-state index contributed by atoms with van der Waals surface area (Å²) in [4.78, 5) is 5.96. The molecule has 3 nitrogen and oxygen atoms in total. The maximum absolute atomic E-state index is 13.4. The molecule has 0 radical (unpaired) electrons. The van der Waals surface area contributed by atoms with Gasteiger partial charge in [0, 0.05) is 25.9 Å². The van der Waals surface area contributed by atoms with Gasteiger partial charge in [0.15, 0.2) is 11.6 Å². The molecule has 1 aliphatic rings. The van der Waals surface area contributed by atoms with Gasteiger partial charge in [-0.1, -0.05) is 0 Å². The highest BCUT2D eigenvalue weighted by molar-refractivity contribution is 5.40. The maximum atomic E-state index is 13.4. The molecule has 1 unspecified atom stereocenters. The molecule has 1 aromatic heterocycles. The Morgan fingerprint density at radius 3 is 3.20 bits per heavy atom. The van der Waals surface area contributed by atoms with Crippen molar-refractivity contribution in [2.45, 2.75) is 12.8 Å². The lowest BCUT2D eigenvalue weighted by Crippen LogP contribution is -2.37. The van der Waals surface area contributed by atoms with E-state index in [-0.39, 0.29) is 18.3 Å². The van der Waals surface area contributed by atoms with Gasteiger partial charge in [0.2, 0.25) is 0 Å². The summed E-state index contributed by atoms with van der Waals surface area (Å²) in [5, 5.41) is 9.08. The molecule has 1 aromatic rings. The summed E-state index contributed by atoms with van der Waals surface area (Å²) in [6, 6.07) is 3.01. The Labute approximate surface area is 88.6 Å². The predicted molar refractivity (Wildman–Crippen MR) is 56.2 cm³/mol. The molecule has 0 spiro atoms. The van der Waals surface area contributed by atoms with Crippen LogP contribution in [0.25, 0.3) is 0 Å². The average molecular weight is 210 g/mol. The van der Waals surface area contributed by atoms with Crippen molar-refractivity contribution < 1.29 is 9.50 Å². The highest BCUT2D eigenvalue weighted by atomic mass is 19.1. The van der Waals surface area contributed by atoms with Crippen molar-refractivity contribution >= 4 is 5.82 Å². The number of aliphatic hydroxyl groups is 1. The molecule has 82 valence electrons. The lowest BCUT2D eigenvalue weighted by Gasteiger charge is -2.32. The fourth-order valence-electron chi connectivity index (χ4n) is 2.02. The van der Waals surface area contributed by atoms with Crippen LogP contribution in [0, 0.1) is 11.7 Å². The number of nitrogens with zero attached hydrogens (tertiary/aromatic N) is 2. The Hall–Kier alpha value is -1.16. The topological polar surface area (TPSA) is 36.4 Å². The predicted octanol–water partition coefficient (Wildman–Crippen LogP) is 1.43. The van der Waals surface area contributed by atoms with Crippen molar-refractivity contribution in [3.05, 3.63) is 24.1 Å². The smallest absolute Gasteiger partial charge is 0.165 e. The largest absolute Gasteiger partial charge is 0.396 e.